The van der Waals surface area contributed by atoms with Gasteiger partial charge in [-0.05, 0) is 62.3 Å². The van der Waals surface area contributed by atoms with E-state index in [9.17, 15) is 14.7 Å². The Kier molecular flexibility index (Phi) is 8.90. The molecule has 0 spiro atoms. The first kappa shape index (κ1) is 31.3. The molecule has 3 rings (SSSR count). The molecule has 0 amide bonds. The molecule has 1 saturated heterocycles. The third-order valence-electron chi connectivity index (χ3n) is 7.40. The van der Waals surface area contributed by atoms with E-state index in [1.165, 1.54) is 0 Å². The van der Waals surface area contributed by atoms with Gasteiger partial charge in [-0.1, -0.05) is 46.2 Å². The largest absolute Gasteiger partial charge is 0.503 e. The van der Waals surface area contributed by atoms with E-state index in [-0.39, 0.29) is 41.3 Å². The molecule has 2 atom stereocenters. The first-order valence-corrected chi connectivity index (χ1v) is 14.2. The van der Waals surface area contributed by atoms with Crippen LogP contribution in [0.5, 0.6) is 5.75 Å². The third-order valence-corrected chi connectivity index (χ3v) is 7.40. The fourth-order valence-electron chi connectivity index (χ4n) is 5.41. The second-order valence-electron chi connectivity index (χ2n) is 14.0. The summed E-state index contributed by atoms with van der Waals surface area (Å²) < 4.78 is 5.88. The Balaban J connectivity index is 1.88. The number of hydrogen-bond donors (Lipinski definition) is 2. The zero-order chi connectivity index (χ0) is 30.2. The quantitative estimate of drug-likeness (QED) is 0.222. The summed E-state index contributed by atoms with van der Waals surface area (Å²) in [6.07, 6.45) is 1.91. The minimum absolute atomic E-state index is 0.0684. The second kappa shape index (κ2) is 11.4. The van der Waals surface area contributed by atoms with Gasteiger partial charge in [-0.25, -0.2) is 4.79 Å². The van der Waals surface area contributed by atoms with E-state index in [0.29, 0.717) is 33.7 Å². The molecule has 0 unspecified atom stereocenters. The van der Waals surface area contributed by atoms with Crippen LogP contribution in [-0.2, 0) is 10.2 Å². The van der Waals surface area contributed by atoms with Crippen molar-refractivity contribution >= 4 is 23.3 Å². The van der Waals surface area contributed by atoms with Crippen LogP contribution >= 0.6 is 0 Å². The molecular formula is C33H48N3O4+. The molecule has 2 aromatic rings. The summed E-state index contributed by atoms with van der Waals surface area (Å²) in [6, 6.07) is 11.0. The summed E-state index contributed by atoms with van der Waals surface area (Å²) in [5.41, 5.74) is 2.53. The Morgan fingerprint density at radius 2 is 1.62 bits per heavy atom. The van der Waals surface area contributed by atoms with Crippen LogP contribution in [0, 0.1) is 11.3 Å². The van der Waals surface area contributed by atoms with Crippen molar-refractivity contribution in [2.75, 3.05) is 34.2 Å². The molecule has 0 radical (unpaired) electrons. The average Bonchev–Trinajstić information content (AvgIpc) is 3.11. The molecule has 2 N–H and O–H groups in total. The van der Waals surface area contributed by atoms with Crippen LogP contribution in [0.2, 0.25) is 0 Å². The van der Waals surface area contributed by atoms with Gasteiger partial charge in [-0.2, -0.15) is 0 Å². The molecule has 1 heterocycles. The van der Waals surface area contributed by atoms with E-state index in [2.05, 4.69) is 6.92 Å². The number of nitrogens with zero attached hydrogens (tertiary/aromatic N) is 2. The number of esters is 1. The van der Waals surface area contributed by atoms with Crippen LogP contribution in [0.1, 0.15) is 99.1 Å². The SMILES string of the molecule is CCC[C@H]1CN(CC(=O)c2cc(C(C)(C)C)c(O)c([N+](C)(C)C)c2)C(=N)[C@@H]1c1ccc(C(=O)OC(C)(C)C)cc1. The molecule has 218 valence electrons. The number of ether oxygens (including phenoxy) is 1. The number of benzene rings is 2. The third kappa shape index (κ3) is 7.11. The lowest BCUT2D eigenvalue weighted by Gasteiger charge is -2.29. The molecule has 0 bridgehead atoms. The molecule has 7 heteroatoms. The van der Waals surface area contributed by atoms with Crippen LogP contribution in [0.25, 0.3) is 0 Å². The predicted octanol–water partition coefficient (Wildman–Crippen LogP) is 6.52. The van der Waals surface area contributed by atoms with Crippen LogP contribution in [-0.4, -0.2) is 67.4 Å². The maximum absolute atomic E-state index is 13.7. The van der Waals surface area contributed by atoms with Crippen LogP contribution < -0.4 is 4.48 Å². The fraction of sp³-hybridized carbons (Fsp3) is 0.545. The van der Waals surface area contributed by atoms with Crippen molar-refractivity contribution in [1.82, 2.24) is 9.38 Å². The minimum Gasteiger partial charge on any atom is -0.503 e. The van der Waals surface area contributed by atoms with Crippen molar-refractivity contribution < 1.29 is 19.4 Å². The van der Waals surface area contributed by atoms with Crippen molar-refractivity contribution in [3.63, 3.8) is 0 Å². The molecule has 1 fully saturated rings. The van der Waals surface area contributed by atoms with Crippen LogP contribution in [0.15, 0.2) is 36.4 Å². The van der Waals surface area contributed by atoms with Gasteiger partial charge in [0, 0.05) is 29.7 Å². The lowest BCUT2D eigenvalue weighted by molar-refractivity contribution is 0.00693. The molecule has 40 heavy (non-hydrogen) atoms. The van der Waals surface area contributed by atoms with E-state index in [1.54, 1.807) is 18.2 Å². The number of nitrogens with one attached hydrogen (secondary N) is 1. The summed E-state index contributed by atoms with van der Waals surface area (Å²) in [5, 5.41) is 20.1. The van der Waals surface area contributed by atoms with Crippen LogP contribution in [0.3, 0.4) is 0 Å². The number of hydrogen-bond acceptors (Lipinski definition) is 5. The number of quaternary nitrogens is 1. The van der Waals surface area contributed by atoms with Gasteiger partial charge in [0.1, 0.15) is 11.4 Å². The molecule has 2 aromatic carbocycles. The maximum Gasteiger partial charge on any atom is 0.338 e. The van der Waals surface area contributed by atoms with Gasteiger partial charge >= 0.3 is 5.97 Å². The number of ketones is 1. The first-order valence-electron chi connectivity index (χ1n) is 14.2. The van der Waals surface area contributed by atoms with Gasteiger partial charge in [0.25, 0.3) is 0 Å². The summed E-state index contributed by atoms with van der Waals surface area (Å²) in [6.45, 7) is 14.5. The highest BCUT2D eigenvalue weighted by Gasteiger charge is 2.39. The van der Waals surface area contributed by atoms with Crippen molar-refractivity contribution in [3.8, 4) is 5.75 Å². The molecule has 0 aromatic heterocycles. The Morgan fingerprint density at radius 3 is 2.12 bits per heavy atom. The van der Waals surface area contributed by atoms with E-state index in [4.69, 9.17) is 10.1 Å². The highest BCUT2D eigenvalue weighted by atomic mass is 16.6. The zero-order valence-corrected chi connectivity index (χ0v) is 26.0. The van der Waals surface area contributed by atoms with Gasteiger partial charge in [0.15, 0.2) is 17.2 Å². The summed E-state index contributed by atoms with van der Waals surface area (Å²) >= 11 is 0. The van der Waals surface area contributed by atoms with Crippen molar-refractivity contribution in [3.05, 3.63) is 58.7 Å². The summed E-state index contributed by atoms with van der Waals surface area (Å²) in [7, 11) is 5.92. The number of carbonyl (C=O) groups excluding carboxylic acids is 2. The number of phenols is 1. The topological polar surface area (TPSA) is 90.7 Å². The minimum atomic E-state index is -0.569. The summed E-state index contributed by atoms with van der Waals surface area (Å²) in [5.74, 6) is 0.272. The highest BCUT2D eigenvalue weighted by Crippen LogP contribution is 2.41. The van der Waals surface area contributed by atoms with Gasteiger partial charge in [0.2, 0.25) is 0 Å². The summed E-state index contributed by atoms with van der Waals surface area (Å²) in [4.78, 5) is 28.1. The van der Waals surface area contributed by atoms with Crippen molar-refractivity contribution in [1.29, 1.82) is 5.41 Å². The van der Waals surface area contributed by atoms with Gasteiger partial charge in [-0.3, -0.25) is 14.7 Å². The Bertz CT molecular complexity index is 1230. The molecular weight excluding hydrogens is 502 g/mol. The van der Waals surface area contributed by atoms with Gasteiger partial charge in [-0.15, -0.1) is 0 Å². The average molecular weight is 551 g/mol. The Labute approximate surface area is 240 Å². The maximum atomic E-state index is 13.7. The number of Topliss-reactive ketones (excluding diaryl/α,β-unsaturated/α-hetero) is 1. The van der Waals surface area contributed by atoms with E-state index >= 15 is 0 Å². The van der Waals surface area contributed by atoms with Crippen molar-refractivity contribution in [2.45, 2.75) is 78.2 Å². The number of amidine groups is 1. The van der Waals surface area contributed by atoms with E-state index in [0.717, 1.165) is 24.0 Å². The lowest BCUT2D eigenvalue weighted by atomic mass is 9.84. The molecule has 0 saturated carbocycles. The lowest BCUT2D eigenvalue weighted by Crippen LogP contribution is -2.36. The smallest absolute Gasteiger partial charge is 0.338 e. The van der Waals surface area contributed by atoms with Gasteiger partial charge < -0.3 is 14.7 Å². The van der Waals surface area contributed by atoms with E-state index in [1.807, 2.05) is 85.8 Å². The number of aromatic hydroxyl groups is 1. The normalized spacial score (nSPS) is 18.2. The Morgan fingerprint density at radius 1 is 1.02 bits per heavy atom. The number of rotatable bonds is 8. The predicted molar refractivity (Wildman–Crippen MR) is 163 cm³/mol. The fourth-order valence-corrected chi connectivity index (χ4v) is 5.41. The number of carbonyl (C=O) groups is 2. The first-order chi connectivity index (χ1) is 18.3. The molecule has 1 aliphatic rings. The van der Waals surface area contributed by atoms with Gasteiger partial charge in [0.05, 0.1) is 33.3 Å². The molecule has 0 aliphatic carbocycles. The zero-order valence-electron chi connectivity index (χ0n) is 26.0. The second-order valence-corrected chi connectivity index (χ2v) is 14.0. The number of phenolic OH excluding ortho intramolecular Hbond substituents is 1. The van der Waals surface area contributed by atoms with Crippen molar-refractivity contribution in [2.24, 2.45) is 5.92 Å². The molecule has 1 aliphatic heterocycles. The Hall–Kier alpha value is -3.19. The monoisotopic (exact) mass is 550 g/mol. The molecule has 7 nitrogen and oxygen atoms in total. The highest BCUT2D eigenvalue weighted by molar-refractivity contribution is 6.02. The van der Waals surface area contributed by atoms with E-state index < -0.39 is 5.60 Å². The standard InChI is InChI=1S/C33H47N3O4/c1-11-12-23-19-35(30(34)28(23)21-13-15-22(16-14-21)31(39)40-33(5,6)7)20-27(37)24-17-25(32(2,3)4)29(38)26(18-24)36(8,9)10/h13-18,23,28,34H,11-12,19-20H2,1-10H3/p+1/t23-,28+/m0/s1. The van der Waals surface area contributed by atoms with Crippen LogP contribution in [0.4, 0.5) is 5.69 Å². The number of likely N-dealkylation sites (tertiary alicyclic amines) is 1.